The smallest absolute Gasteiger partial charge is 0.261 e. The van der Waals surface area contributed by atoms with E-state index in [9.17, 15) is 19.8 Å². The Morgan fingerprint density at radius 2 is 1.56 bits per heavy atom. The Hall–Kier alpha value is -2.44. The lowest BCUT2D eigenvalue weighted by molar-refractivity contribution is 0.0375. The molecular weight excluding hydrogens is 320 g/mol. The highest BCUT2D eigenvalue weighted by Gasteiger charge is 2.37. The molecule has 0 radical (unpaired) electrons. The van der Waals surface area contributed by atoms with Crippen LogP contribution in [0.2, 0.25) is 0 Å². The van der Waals surface area contributed by atoms with Crippen molar-refractivity contribution in [1.82, 2.24) is 4.90 Å². The second-order valence-corrected chi connectivity index (χ2v) is 6.55. The van der Waals surface area contributed by atoms with Gasteiger partial charge < -0.3 is 15.1 Å². The number of amides is 2. The highest BCUT2D eigenvalue weighted by Crippen LogP contribution is 2.37. The van der Waals surface area contributed by atoms with Crippen molar-refractivity contribution in [3.63, 3.8) is 0 Å². The third-order valence-corrected chi connectivity index (χ3v) is 5.15. The van der Waals surface area contributed by atoms with Gasteiger partial charge in [0.2, 0.25) is 0 Å². The van der Waals surface area contributed by atoms with E-state index in [0.29, 0.717) is 16.5 Å². The molecule has 2 aliphatic rings. The zero-order valence-corrected chi connectivity index (χ0v) is 13.8. The van der Waals surface area contributed by atoms with Crippen LogP contribution in [0, 0.1) is 0 Å². The number of carbonyl (C=O) groups excluding carboxylic acids is 2. The summed E-state index contributed by atoms with van der Waals surface area (Å²) in [5.74, 6) is -0.926. The molecule has 0 unspecified atom stereocenters. The van der Waals surface area contributed by atoms with Crippen LogP contribution in [0.1, 0.15) is 33.6 Å². The van der Waals surface area contributed by atoms with E-state index in [1.165, 1.54) is 0 Å². The summed E-state index contributed by atoms with van der Waals surface area (Å²) in [5.41, 5.74) is 1.94. The first-order valence-electron chi connectivity index (χ1n) is 8.57. The molecule has 0 spiro atoms. The number of aliphatic hydroxyl groups is 2. The number of aliphatic hydroxyl groups excluding tert-OH is 2. The standard InChI is InChI=1S/C19H20N2O4/c22-10-12(11-23)21-18(24)14-5-3-4-13-16(20-8-1-2-9-20)7-6-15(17(13)14)19(21)25/h3-7,12,22-23H,1-2,8-11H2. The number of hydrogen-bond donors (Lipinski definition) is 2. The Labute approximate surface area is 145 Å². The summed E-state index contributed by atoms with van der Waals surface area (Å²) < 4.78 is 0. The van der Waals surface area contributed by atoms with Crippen molar-refractivity contribution in [2.45, 2.75) is 18.9 Å². The van der Waals surface area contributed by atoms with Gasteiger partial charge in [-0.1, -0.05) is 12.1 Å². The van der Waals surface area contributed by atoms with Gasteiger partial charge in [0.25, 0.3) is 11.8 Å². The maximum absolute atomic E-state index is 12.9. The highest BCUT2D eigenvalue weighted by atomic mass is 16.3. The molecule has 2 aliphatic heterocycles. The second kappa shape index (κ2) is 6.13. The van der Waals surface area contributed by atoms with Crippen molar-refractivity contribution in [3.8, 4) is 0 Å². The predicted octanol–water partition coefficient (Wildman–Crippen LogP) is 1.39. The first-order chi connectivity index (χ1) is 12.2. The van der Waals surface area contributed by atoms with Crippen LogP contribution in [-0.2, 0) is 0 Å². The lowest BCUT2D eigenvalue weighted by Gasteiger charge is -2.32. The summed E-state index contributed by atoms with van der Waals surface area (Å²) in [6.07, 6.45) is 2.28. The molecule has 2 N–H and O–H groups in total. The first kappa shape index (κ1) is 16.1. The number of anilines is 1. The number of carbonyl (C=O) groups is 2. The average Bonchev–Trinajstić information content (AvgIpc) is 3.17. The zero-order valence-electron chi connectivity index (χ0n) is 13.8. The molecule has 2 aromatic carbocycles. The van der Waals surface area contributed by atoms with E-state index < -0.39 is 31.1 Å². The first-order valence-corrected chi connectivity index (χ1v) is 8.57. The molecule has 2 heterocycles. The third-order valence-electron chi connectivity index (χ3n) is 5.15. The number of benzene rings is 2. The topological polar surface area (TPSA) is 81.1 Å². The van der Waals surface area contributed by atoms with Gasteiger partial charge >= 0.3 is 0 Å². The van der Waals surface area contributed by atoms with Crippen LogP contribution >= 0.6 is 0 Å². The lowest BCUT2D eigenvalue weighted by atomic mass is 9.92. The fourth-order valence-corrected chi connectivity index (χ4v) is 3.89. The fourth-order valence-electron chi connectivity index (χ4n) is 3.89. The lowest BCUT2D eigenvalue weighted by Crippen LogP contribution is -2.50. The highest BCUT2D eigenvalue weighted by molar-refractivity contribution is 6.27. The Bertz CT molecular complexity index is 832. The predicted molar refractivity (Wildman–Crippen MR) is 93.9 cm³/mol. The van der Waals surface area contributed by atoms with Gasteiger partial charge in [-0.2, -0.15) is 0 Å². The Kier molecular flexibility index (Phi) is 3.94. The molecule has 0 saturated carbocycles. The molecule has 0 atom stereocenters. The molecule has 1 fully saturated rings. The van der Waals surface area contributed by atoms with E-state index in [1.54, 1.807) is 12.1 Å². The molecule has 4 rings (SSSR count). The Balaban J connectivity index is 1.92. The van der Waals surface area contributed by atoms with Crippen molar-refractivity contribution >= 4 is 28.3 Å². The van der Waals surface area contributed by atoms with Crippen LogP contribution in [0.3, 0.4) is 0 Å². The summed E-state index contributed by atoms with van der Waals surface area (Å²) in [6.45, 7) is 1.02. The molecule has 2 amide bonds. The van der Waals surface area contributed by atoms with Crippen molar-refractivity contribution in [2.75, 3.05) is 31.2 Å². The van der Waals surface area contributed by atoms with Crippen LogP contribution in [0.4, 0.5) is 5.69 Å². The Morgan fingerprint density at radius 3 is 2.20 bits per heavy atom. The Morgan fingerprint density at radius 1 is 0.920 bits per heavy atom. The monoisotopic (exact) mass is 340 g/mol. The van der Waals surface area contributed by atoms with Gasteiger partial charge in [-0.3, -0.25) is 14.5 Å². The molecule has 0 aromatic heterocycles. The van der Waals surface area contributed by atoms with Gasteiger partial charge in [0.05, 0.1) is 19.3 Å². The minimum Gasteiger partial charge on any atom is -0.394 e. The molecule has 6 nitrogen and oxygen atoms in total. The normalized spacial score (nSPS) is 17.2. The summed E-state index contributed by atoms with van der Waals surface area (Å²) in [6, 6.07) is 8.23. The van der Waals surface area contributed by atoms with Crippen molar-refractivity contribution in [3.05, 3.63) is 41.5 Å². The molecule has 0 aliphatic carbocycles. The zero-order chi connectivity index (χ0) is 17.6. The van der Waals surface area contributed by atoms with Gasteiger partial charge in [-0.05, 0) is 31.0 Å². The maximum atomic E-state index is 12.9. The second-order valence-electron chi connectivity index (χ2n) is 6.55. The number of nitrogens with zero attached hydrogens (tertiary/aromatic N) is 2. The quantitative estimate of drug-likeness (QED) is 0.822. The maximum Gasteiger partial charge on any atom is 0.261 e. The largest absolute Gasteiger partial charge is 0.394 e. The van der Waals surface area contributed by atoms with Crippen LogP contribution in [0.5, 0.6) is 0 Å². The summed E-state index contributed by atoms with van der Waals surface area (Å²) in [5, 5.41) is 20.4. The molecule has 6 heteroatoms. The van der Waals surface area contributed by atoms with Gasteiger partial charge in [0, 0.05) is 40.7 Å². The third kappa shape index (κ3) is 2.33. The molecule has 25 heavy (non-hydrogen) atoms. The summed E-state index contributed by atoms with van der Waals surface area (Å²) in [7, 11) is 0. The van der Waals surface area contributed by atoms with Crippen LogP contribution in [0.15, 0.2) is 30.3 Å². The molecule has 130 valence electrons. The van der Waals surface area contributed by atoms with Crippen molar-refractivity contribution in [2.24, 2.45) is 0 Å². The van der Waals surface area contributed by atoms with E-state index in [4.69, 9.17) is 0 Å². The number of imide groups is 1. The van der Waals surface area contributed by atoms with E-state index >= 15 is 0 Å². The fraction of sp³-hybridized carbons (Fsp3) is 0.368. The molecule has 1 saturated heterocycles. The van der Waals surface area contributed by atoms with E-state index in [-0.39, 0.29) is 0 Å². The number of hydrogen-bond acceptors (Lipinski definition) is 5. The van der Waals surface area contributed by atoms with E-state index in [2.05, 4.69) is 4.90 Å². The minimum absolute atomic E-state index is 0.444. The van der Waals surface area contributed by atoms with Crippen LogP contribution in [-0.4, -0.2) is 59.3 Å². The SMILES string of the molecule is O=C1c2cccc3c(N4CCCC4)ccc(c23)C(=O)N1C(CO)CO. The van der Waals surface area contributed by atoms with E-state index in [0.717, 1.165) is 41.9 Å². The van der Waals surface area contributed by atoms with Gasteiger partial charge in [0.1, 0.15) is 0 Å². The molecular formula is C19H20N2O4. The van der Waals surface area contributed by atoms with Crippen LogP contribution < -0.4 is 4.90 Å². The summed E-state index contributed by atoms with van der Waals surface area (Å²) in [4.78, 5) is 29.0. The van der Waals surface area contributed by atoms with Crippen molar-refractivity contribution < 1.29 is 19.8 Å². The minimum atomic E-state index is -0.929. The van der Waals surface area contributed by atoms with Gasteiger partial charge in [-0.15, -0.1) is 0 Å². The molecule has 0 bridgehead atoms. The molecule has 2 aromatic rings. The van der Waals surface area contributed by atoms with E-state index in [1.807, 2.05) is 18.2 Å². The van der Waals surface area contributed by atoms with Crippen molar-refractivity contribution in [1.29, 1.82) is 0 Å². The van der Waals surface area contributed by atoms with Gasteiger partial charge in [0.15, 0.2) is 0 Å². The van der Waals surface area contributed by atoms with Gasteiger partial charge in [-0.25, -0.2) is 0 Å². The summed E-state index contributed by atoms with van der Waals surface area (Å²) >= 11 is 0. The average molecular weight is 340 g/mol. The van der Waals surface area contributed by atoms with Crippen LogP contribution in [0.25, 0.3) is 10.8 Å². The number of rotatable bonds is 4.